The third-order valence-electron chi connectivity index (χ3n) is 4.71. The second-order valence-electron chi connectivity index (χ2n) is 6.03. The molecule has 1 saturated carbocycles. The number of nitrogens with two attached hydrogens (primary N) is 1. The first-order valence-corrected chi connectivity index (χ1v) is 7.30. The maximum absolute atomic E-state index is 6.14. The molecule has 0 unspecified atom stereocenters. The summed E-state index contributed by atoms with van der Waals surface area (Å²) in [7, 11) is 2.13. The quantitative estimate of drug-likeness (QED) is 0.898. The topological polar surface area (TPSA) is 43.8 Å². The van der Waals surface area contributed by atoms with E-state index in [2.05, 4.69) is 36.7 Å². The average Bonchev–Trinajstić information content (AvgIpc) is 2.77. The van der Waals surface area contributed by atoms with E-state index in [4.69, 9.17) is 10.7 Å². The van der Waals surface area contributed by atoms with Gasteiger partial charge in [0.15, 0.2) is 0 Å². The van der Waals surface area contributed by atoms with Crippen molar-refractivity contribution in [2.45, 2.75) is 44.4 Å². The summed E-state index contributed by atoms with van der Waals surface area (Å²) in [5.74, 6) is 1.19. The van der Waals surface area contributed by atoms with E-state index in [0.717, 1.165) is 5.52 Å². The monoisotopic (exact) mass is 257 g/mol. The zero-order valence-electron chi connectivity index (χ0n) is 11.9. The van der Waals surface area contributed by atoms with Gasteiger partial charge in [0.05, 0.1) is 11.0 Å². The Kier molecular flexibility index (Phi) is 3.09. The Morgan fingerprint density at radius 3 is 2.68 bits per heavy atom. The lowest BCUT2D eigenvalue weighted by Gasteiger charge is -2.35. The van der Waals surface area contributed by atoms with E-state index in [0.29, 0.717) is 6.54 Å². The molecule has 3 rings (SSSR count). The van der Waals surface area contributed by atoms with Gasteiger partial charge in [-0.15, -0.1) is 0 Å². The highest BCUT2D eigenvalue weighted by atomic mass is 15.1. The van der Waals surface area contributed by atoms with Crippen molar-refractivity contribution in [1.82, 2.24) is 9.55 Å². The summed E-state index contributed by atoms with van der Waals surface area (Å²) in [6, 6.07) is 6.50. The summed E-state index contributed by atoms with van der Waals surface area (Å²) in [6.45, 7) is 2.83. The number of rotatable bonds is 2. The van der Waals surface area contributed by atoms with Crippen molar-refractivity contribution in [2.75, 3.05) is 6.54 Å². The van der Waals surface area contributed by atoms with E-state index in [-0.39, 0.29) is 5.41 Å². The number of benzene rings is 1. The van der Waals surface area contributed by atoms with Crippen LogP contribution in [0.2, 0.25) is 0 Å². The lowest BCUT2D eigenvalue weighted by atomic mass is 9.73. The maximum atomic E-state index is 6.14. The van der Waals surface area contributed by atoms with Crippen LogP contribution in [0.25, 0.3) is 11.0 Å². The molecule has 0 bridgehead atoms. The Hall–Kier alpha value is -1.35. The maximum Gasteiger partial charge on any atom is 0.117 e. The van der Waals surface area contributed by atoms with Crippen molar-refractivity contribution in [3.63, 3.8) is 0 Å². The predicted molar refractivity (Wildman–Crippen MR) is 79.3 cm³/mol. The minimum Gasteiger partial charge on any atom is -0.331 e. The van der Waals surface area contributed by atoms with Gasteiger partial charge in [0.1, 0.15) is 5.82 Å². The predicted octanol–water partition coefficient (Wildman–Crippen LogP) is 3.04. The Balaban J connectivity index is 2.15. The molecule has 2 aromatic rings. The fourth-order valence-electron chi connectivity index (χ4n) is 3.53. The van der Waals surface area contributed by atoms with Gasteiger partial charge in [-0.2, -0.15) is 0 Å². The van der Waals surface area contributed by atoms with Crippen LogP contribution >= 0.6 is 0 Å². The van der Waals surface area contributed by atoms with E-state index in [1.165, 1.54) is 49.0 Å². The number of imidazole rings is 1. The molecular formula is C16H23N3. The number of hydrogen-bond donors (Lipinski definition) is 1. The molecule has 0 atom stereocenters. The second kappa shape index (κ2) is 4.64. The molecule has 1 aliphatic carbocycles. The minimum absolute atomic E-state index is 0.0971. The molecule has 1 fully saturated rings. The summed E-state index contributed by atoms with van der Waals surface area (Å²) in [5, 5.41) is 0. The number of fused-ring (bicyclic) bond motifs is 1. The number of aryl methyl sites for hydroxylation is 2. The third-order valence-corrected chi connectivity index (χ3v) is 4.71. The summed E-state index contributed by atoms with van der Waals surface area (Å²) in [6.07, 6.45) is 6.25. The molecule has 2 N–H and O–H groups in total. The fraction of sp³-hybridized carbons (Fsp3) is 0.562. The Morgan fingerprint density at radius 1 is 1.26 bits per heavy atom. The molecular weight excluding hydrogens is 234 g/mol. The smallest absolute Gasteiger partial charge is 0.117 e. The van der Waals surface area contributed by atoms with Crippen LogP contribution in [0.3, 0.4) is 0 Å². The lowest BCUT2D eigenvalue weighted by Crippen LogP contribution is -2.39. The summed E-state index contributed by atoms with van der Waals surface area (Å²) < 4.78 is 2.26. The van der Waals surface area contributed by atoms with E-state index < -0.39 is 0 Å². The third kappa shape index (κ3) is 1.96. The lowest BCUT2D eigenvalue weighted by molar-refractivity contribution is 0.281. The largest absolute Gasteiger partial charge is 0.331 e. The number of nitrogens with zero attached hydrogens (tertiary/aromatic N) is 2. The molecule has 3 nitrogen and oxygen atoms in total. The molecule has 0 amide bonds. The van der Waals surface area contributed by atoms with Crippen LogP contribution in [0.5, 0.6) is 0 Å². The van der Waals surface area contributed by atoms with Crippen LogP contribution in [-0.2, 0) is 12.5 Å². The molecule has 1 aromatic carbocycles. The standard InChI is InChI=1S/C16H23N3/c1-12-6-7-14-13(10-12)18-15(19(14)2)16(11-17)8-4-3-5-9-16/h6-7,10H,3-5,8-9,11,17H2,1-2H3. The summed E-state index contributed by atoms with van der Waals surface area (Å²) >= 11 is 0. The van der Waals surface area contributed by atoms with E-state index >= 15 is 0 Å². The molecule has 19 heavy (non-hydrogen) atoms. The van der Waals surface area contributed by atoms with Gasteiger partial charge in [-0.3, -0.25) is 0 Å². The highest BCUT2D eigenvalue weighted by Crippen LogP contribution is 2.39. The van der Waals surface area contributed by atoms with Gasteiger partial charge in [-0.25, -0.2) is 4.98 Å². The molecule has 102 valence electrons. The Labute approximate surface area is 114 Å². The van der Waals surface area contributed by atoms with Gasteiger partial charge in [0.2, 0.25) is 0 Å². The number of hydrogen-bond acceptors (Lipinski definition) is 2. The van der Waals surface area contributed by atoms with Crippen molar-refractivity contribution in [1.29, 1.82) is 0 Å². The van der Waals surface area contributed by atoms with Crippen LogP contribution in [-0.4, -0.2) is 16.1 Å². The van der Waals surface area contributed by atoms with Crippen molar-refractivity contribution in [3.05, 3.63) is 29.6 Å². The van der Waals surface area contributed by atoms with Crippen LogP contribution in [0, 0.1) is 6.92 Å². The van der Waals surface area contributed by atoms with Gasteiger partial charge in [0, 0.05) is 19.0 Å². The normalized spacial score (nSPS) is 18.9. The van der Waals surface area contributed by atoms with E-state index in [9.17, 15) is 0 Å². The molecule has 0 aliphatic heterocycles. The summed E-state index contributed by atoms with van der Waals surface area (Å²) in [5.41, 5.74) is 9.83. The first-order chi connectivity index (χ1) is 9.16. The van der Waals surface area contributed by atoms with Gasteiger partial charge in [-0.05, 0) is 37.5 Å². The van der Waals surface area contributed by atoms with Crippen LogP contribution in [0.15, 0.2) is 18.2 Å². The van der Waals surface area contributed by atoms with Gasteiger partial charge < -0.3 is 10.3 Å². The van der Waals surface area contributed by atoms with Crippen LogP contribution in [0.1, 0.15) is 43.5 Å². The molecule has 0 radical (unpaired) electrons. The van der Waals surface area contributed by atoms with Crippen LogP contribution < -0.4 is 5.73 Å². The van der Waals surface area contributed by atoms with Crippen molar-refractivity contribution >= 4 is 11.0 Å². The fourth-order valence-corrected chi connectivity index (χ4v) is 3.53. The molecule has 1 heterocycles. The van der Waals surface area contributed by atoms with Gasteiger partial charge in [-0.1, -0.05) is 25.3 Å². The van der Waals surface area contributed by atoms with Crippen molar-refractivity contribution < 1.29 is 0 Å². The van der Waals surface area contributed by atoms with Crippen LogP contribution in [0.4, 0.5) is 0 Å². The highest BCUT2D eigenvalue weighted by Gasteiger charge is 2.36. The zero-order valence-corrected chi connectivity index (χ0v) is 11.9. The van der Waals surface area contributed by atoms with Crippen molar-refractivity contribution in [2.24, 2.45) is 12.8 Å². The molecule has 3 heteroatoms. The van der Waals surface area contributed by atoms with E-state index in [1.807, 2.05) is 0 Å². The molecule has 0 spiro atoms. The van der Waals surface area contributed by atoms with E-state index in [1.54, 1.807) is 0 Å². The first-order valence-electron chi connectivity index (χ1n) is 7.30. The zero-order chi connectivity index (χ0) is 13.5. The molecule has 0 saturated heterocycles. The van der Waals surface area contributed by atoms with Crippen molar-refractivity contribution in [3.8, 4) is 0 Å². The SMILES string of the molecule is Cc1ccc2c(c1)nc(C1(CN)CCCCC1)n2C. The minimum atomic E-state index is 0.0971. The highest BCUT2D eigenvalue weighted by molar-refractivity contribution is 5.77. The summed E-state index contributed by atoms with van der Waals surface area (Å²) in [4.78, 5) is 4.92. The number of aromatic nitrogens is 2. The Bertz CT molecular complexity index is 591. The second-order valence-corrected chi connectivity index (χ2v) is 6.03. The molecule has 1 aliphatic rings. The first kappa shape index (κ1) is 12.7. The van der Waals surface area contributed by atoms with Gasteiger partial charge in [0.25, 0.3) is 0 Å². The van der Waals surface area contributed by atoms with Gasteiger partial charge >= 0.3 is 0 Å². The molecule has 1 aromatic heterocycles. The average molecular weight is 257 g/mol. The Morgan fingerprint density at radius 2 is 2.00 bits per heavy atom.